The van der Waals surface area contributed by atoms with E-state index in [0.717, 1.165) is 0 Å². The number of phenols is 1. The van der Waals surface area contributed by atoms with Gasteiger partial charge in [0.05, 0.1) is 25.6 Å². The van der Waals surface area contributed by atoms with Gasteiger partial charge in [0.1, 0.15) is 72.2 Å². The lowest BCUT2D eigenvalue weighted by atomic mass is 9.99. The lowest BCUT2D eigenvalue weighted by Crippen LogP contribution is -2.61. The first kappa shape index (κ1) is 92.0. The molecule has 0 spiro atoms. The molecule has 590 valence electrons. The number of nitrogens with one attached hydrogen (secondary N) is 12. The van der Waals surface area contributed by atoms with Crippen LogP contribution < -0.4 is 86.7 Å². The van der Waals surface area contributed by atoms with Gasteiger partial charge < -0.3 is 112 Å². The number of hydrogen-bond acceptors (Lipinski definition) is 22. The lowest BCUT2D eigenvalue weighted by Gasteiger charge is -2.28. The van der Waals surface area contributed by atoms with Gasteiger partial charge in [-0.05, 0) is 125 Å². The number of aliphatic hydroxyl groups excluding tert-OH is 1. The minimum absolute atomic E-state index is 0.0245. The van der Waals surface area contributed by atoms with Crippen LogP contribution >= 0.6 is 11.8 Å². The second kappa shape index (κ2) is 48.9. The molecule has 0 saturated heterocycles. The Kier molecular flexibility index (Phi) is 42.4. The molecule has 38 heteroatoms. The summed E-state index contributed by atoms with van der Waals surface area (Å²) in [4.78, 5) is 215. The van der Waals surface area contributed by atoms with Crippen LogP contribution in [0.3, 0.4) is 0 Å². The quantitative estimate of drug-likeness (QED) is 0.0277. The van der Waals surface area contributed by atoms with Crippen molar-refractivity contribution in [3.05, 3.63) is 65.7 Å². The van der Waals surface area contributed by atoms with Crippen LogP contribution in [-0.2, 0) is 89.6 Å². The zero-order chi connectivity index (χ0) is 79.8. The van der Waals surface area contributed by atoms with Crippen LogP contribution in [0.4, 0.5) is 0 Å². The average Bonchev–Trinajstić information content (AvgIpc) is 0.949. The molecule has 0 radical (unpaired) electrons. The van der Waals surface area contributed by atoms with Gasteiger partial charge in [0.25, 0.3) is 0 Å². The molecule has 0 aliphatic heterocycles. The number of thioether (sulfide) groups is 1. The summed E-state index contributed by atoms with van der Waals surface area (Å²) in [5.74, 6) is -18.4. The van der Waals surface area contributed by atoms with Crippen molar-refractivity contribution in [2.24, 2.45) is 34.8 Å². The van der Waals surface area contributed by atoms with Crippen molar-refractivity contribution in [3.8, 4) is 5.75 Å². The fourth-order valence-electron chi connectivity index (χ4n) is 10.3. The third kappa shape index (κ3) is 35.6. The summed E-state index contributed by atoms with van der Waals surface area (Å²) in [5.41, 5.74) is 23.1. The Balaban J connectivity index is 2.52. The molecule has 25 N–H and O–H groups in total. The molecule has 0 aliphatic rings. The molecule has 0 aliphatic carbocycles. The maximum atomic E-state index is 14.8. The Labute approximate surface area is 618 Å². The highest BCUT2D eigenvalue weighted by molar-refractivity contribution is 7.98. The summed E-state index contributed by atoms with van der Waals surface area (Å²) in [6, 6.07) is -5.25. The molecule has 2 aromatic rings. The molecular weight excluding hydrogens is 1410 g/mol. The van der Waals surface area contributed by atoms with E-state index in [1.54, 1.807) is 50.4 Å². The van der Waals surface area contributed by atoms with Crippen LogP contribution in [0.2, 0.25) is 0 Å². The van der Waals surface area contributed by atoms with Gasteiger partial charge >= 0.3 is 17.9 Å². The third-order valence-electron chi connectivity index (χ3n) is 16.2. The lowest BCUT2D eigenvalue weighted by molar-refractivity contribution is -0.143. The van der Waals surface area contributed by atoms with Crippen LogP contribution in [0.5, 0.6) is 5.75 Å². The van der Waals surface area contributed by atoms with Crippen LogP contribution in [-0.4, -0.2) is 231 Å². The standard InChI is InChI=1S/C68H106N16O21S/c1-36(2)30-47(62(98)74-38(5)57(93)75-45(26-29-106-6)61(97)82-50(33-52(72)87)65(101)78-46(68(104)105)17-11-13-28-70)79-63(99)49(32-40-18-20-41(86)21-19-40)81-64(100)48(31-39-14-8-7-9-15-39)80-59(95)43(22-24-54(89)90)76-66(102)51(35-85)83-60(96)44(23-25-55(91)92)77-67(103)56(37(3)4)84-53(88)34-73-58(94)42(71)16-10-12-27-69/h7-9,14-15,18-21,36-38,42-51,56,85-86H,10-13,16-17,22-35,69-71H2,1-6H3,(H2,72,87)(H,73,94)(H,74,98)(H,75,93)(H,76,102)(H,77,103)(H,78,101)(H,79,99)(H,80,95)(H,81,100)(H,82,97)(H,83,96)(H,84,88)(H,89,90)(H,91,92)(H,104,105)/t38-,42-,43-,44-,45-,46-,47-,48-,49-,50-,51-,56-/m0/s1. The van der Waals surface area contributed by atoms with Crippen LogP contribution in [0.1, 0.15) is 129 Å². The van der Waals surface area contributed by atoms with E-state index in [1.807, 2.05) is 0 Å². The molecule has 0 unspecified atom stereocenters. The summed E-state index contributed by atoms with van der Waals surface area (Å²) in [6.45, 7) is 6.56. The molecule has 2 aromatic carbocycles. The molecule has 0 fully saturated rings. The third-order valence-corrected chi connectivity index (χ3v) is 16.9. The maximum absolute atomic E-state index is 14.8. The highest BCUT2D eigenvalue weighted by Gasteiger charge is 2.38. The number of nitrogens with two attached hydrogens (primary N) is 4. The molecule has 0 aromatic heterocycles. The number of rotatable bonds is 52. The monoisotopic (exact) mass is 1510 g/mol. The number of benzene rings is 2. The van der Waals surface area contributed by atoms with E-state index in [0.29, 0.717) is 43.4 Å². The molecule has 12 atom stereocenters. The summed E-state index contributed by atoms with van der Waals surface area (Å²) in [6.07, 6.45) is -0.496. The molecule has 0 heterocycles. The second-order valence-corrected chi connectivity index (χ2v) is 27.0. The van der Waals surface area contributed by atoms with Crippen LogP contribution in [0, 0.1) is 11.8 Å². The number of phenolic OH excluding ortho intramolecular Hbond substituents is 1. The zero-order valence-corrected chi connectivity index (χ0v) is 61.2. The number of aliphatic carboxylic acids is 3. The molecular formula is C68H106N16O21S. The van der Waals surface area contributed by atoms with Gasteiger partial charge in [-0.15, -0.1) is 0 Å². The Hall–Kier alpha value is -10.0. The van der Waals surface area contributed by atoms with Gasteiger partial charge in [-0.3, -0.25) is 71.9 Å². The van der Waals surface area contributed by atoms with Gasteiger partial charge in [-0.1, -0.05) is 76.6 Å². The first-order valence-electron chi connectivity index (χ1n) is 34.7. The number of aliphatic hydroxyl groups is 1. The number of aromatic hydroxyl groups is 1. The molecule has 0 bridgehead atoms. The number of amides is 13. The van der Waals surface area contributed by atoms with Gasteiger partial charge in [0, 0.05) is 25.7 Å². The first-order valence-corrected chi connectivity index (χ1v) is 36.1. The van der Waals surface area contributed by atoms with Crippen molar-refractivity contribution < 1.29 is 102 Å². The average molecular weight is 1520 g/mol. The molecule has 0 saturated carbocycles. The minimum atomic E-state index is -1.99. The Bertz CT molecular complexity index is 3280. The normalized spacial score (nSPS) is 14.5. The molecule has 13 amide bonds. The fourth-order valence-corrected chi connectivity index (χ4v) is 10.8. The van der Waals surface area contributed by atoms with Gasteiger partial charge in [-0.2, -0.15) is 11.8 Å². The largest absolute Gasteiger partial charge is 0.508 e. The van der Waals surface area contributed by atoms with E-state index in [2.05, 4.69) is 63.8 Å². The van der Waals surface area contributed by atoms with E-state index in [9.17, 15) is 102 Å². The van der Waals surface area contributed by atoms with Crippen LogP contribution in [0.25, 0.3) is 0 Å². The van der Waals surface area contributed by atoms with E-state index < -0.39 is 218 Å². The van der Waals surface area contributed by atoms with E-state index in [1.165, 1.54) is 56.8 Å². The van der Waals surface area contributed by atoms with Crippen molar-refractivity contribution in [2.45, 2.75) is 203 Å². The maximum Gasteiger partial charge on any atom is 0.326 e. The summed E-state index contributed by atoms with van der Waals surface area (Å²) in [5, 5.41) is 78.8. The molecule has 37 nitrogen and oxygen atoms in total. The van der Waals surface area contributed by atoms with E-state index in [-0.39, 0.29) is 62.5 Å². The number of carbonyl (C=O) groups is 16. The van der Waals surface area contributed by atoms with Gasteiger partial charge in [0.2, 0.25) is 76.8 Å². The van der Waals surface area contributed by atoms with Gasteiger partial charge in [-0.25, -0.2) is 4.79 Å². The topological polar surface area (TPSA) is 623 Å². The SMILES string of the molecule is CSCC[C@H](NC(=O)[C@H](C)NC(=O)[C@H](CC(C)C)NC(=O)[C@H](Cc1ccc(O)cc1)NC(=O)[C@H](Cc1ccccc1)NC(=O)[C@H](CCC(=O)O)NC(=O)[C@H](CO)NC(=O)[C@H](CCC(=O)O)NC(=O)[C@@H](NC(=O)CNC(=O)[C@@H](N)CCCCN)C(C)C)C(=O)N[C@@H](CC(N)=O)C(=O)N[C@@H](CCCCN)C(=O)O. The molecule has 2 rings (SSSR count). The van der Waals surface area contributed by atoms with Gasteiger partial charge in [0.15, 0.2) is 0 Å². The van der Waals surface area contributed by atoms with E-state index in [4.69, 9.17) is 22.9 Å². The number of primary amides is 1. The fraction of sp³-hybridized carbons (Fsp3) is 0.588. The number of hydrogen-bond donors (Lipinski definition) is 21. The predicted octanol–water partition coefficient (Wildman–Crippen LogP) is -4.63. The summed E-state index contributed by atoms with van der Waals surface area (Å²) in [7, 11) is 0. The summed E-state index contributed by atoms with van der Waals surface area (Å²) < 4.78 is 0. The second-order valence-electron chi connectivity index (χ2n) is 26.0. The van der Waals surface area contributed by atoms with Crippen molar-refractivity contribution in [2.75, 3.05) is 38.2 Å². The van der Waals surface area contributed by atoms with Crippen molar-refractivity contribution in [1.29, 1.82) is 0 Å². The smallest absolute Gasteiger partial charge is 0.326 e. The van der Waals surface area contributed by atoms with Crippen molar-refractivity contribution in [1.82, 2.24) is 63.8 Å². The first-order chi connectivity index (χ1) is 50.0. The minimum Gasteiger partial charge on any atom is -0.508 e. The number of unbranched alkanes of at least 4 members (excludes halogenated alkanes) is 2. The number of carbonyl (C=O) groups excluding carboxylic acids is 13. The zero-order valence-electron chi connectivity index (χ0n) is 60.4. The Morgan fingerprint density at radius 1 is 0.453 bits per heavy atom. The predicted molar refractivity (Wildman–Crippen MR) is 385 cm³/mol. The molecule has 106 heavy (non-hydrogen) atoms. The number of carboxylic acid groups (broad SMARTS) is 3. The number of carboxylic acids is 3. The van der Waals surface area contributed by atoms with E-state index >= 15 is 0 Å². The Morgan fingerprint density at radius 3 is 1.36 bits per heavy atom. The summed E-state index contributed by atoms with van der Waals surface area (Å²) >= 11 is 1.28. The van der Waals surface area contributed by atoms with Crippen LogP contribution in [0.15, 0.2) is 54.6 Å². The highest BCUT2D eigenvalue weighted by atomic mass is 32.2. The van der Waals surface area contributed by atoms with Crippen molar-refractivity contribution in [3.63, 3.8) is 0 Å². The van der Waals surface area contributed by atoms with Crippen molar-refractivity contribution >= 4 is 106 Å². The Morgan fingerprint density at radius 2 is 0.877 bits per heavy atom. The highest BCUT2D eigenvalue weighted by Crippen LogP contribution is 2.16.